The van der Waals surface area contributed by atoms with Gasteiger partial charge in [-0.2, -0.15) is 4.68 Å². The van der Waals surface area contributed by atoms with E-state index < -0.39 is 0 Å². The van der Waals surface area contributed by atoms with E-state index in [2.05, 4.69) is 20.8 Å². The van der Waals surface area contributed by atoms with Crippen LogP contribution in [-0.4, -0.2) is 33.9 Å². The van der Waals surface area contributed by atoms with Crippen LogP contribution in [0.1, 0.15) is 12.5 Å². The maximum absolute atomic E-state index is 5.90. The number of tetrazole rings is 1. The van der Waals surface area contributed by atoms with Crippen molar-refractivity contribution in [1.82, 2.24) is 25.5 Å². The second-order valence-corrected chi connectivity index (χ2v) is 5.06. The van der Waals surface area contributed by atoms with Crippen molar-refractivity contribution in [3.63, 3.8) is 0 Å². The Kier molecular flexibility index (Phi) is 5.02. The fourth-order valence-electron chi connectivity index (χ4n) is 2.29. The number of rotatable bonds is 7. The third kappa shape index (κ3) is 3.52. The second kappa shape index (κ2) is 7.56. The highest BCUT2D eigenvalue weighted by molar-refractivity contribution is 5.44. The van der Waals surface area contributed by atoms with Gasteiger partial charge in [0.15, 0.2) is 11.5 Å². The summed E-state index contributed by atoms with van der Waals surface area (Å²) in [5.74, 6) is 1.23. The van der Waals surface area contributed by atoms with Gasteiger partial charge in [0, 0.05) is 6.54 Å². The van der Waals surface area contributed by atoms with Crippen LogP contribution in [0.3, 0.4) is 0 Å². The molecular weight excluding hydrogens is 306 g/mol. The molecule has 0 aliphatic rings. The average molecular weight is 325 g/mol. The van der Waals surface area contributed by atoms with Crippen molar-refractivity contribution >= 4 is 0 Å². The highest BCUT2D eigenvalue weighted by atomic mass is 16.5. The molecular formula is C17H19N5O2. The van der Waals surface area contributed by atoms with Gasteiger partial charge in [-0.05, 0) is 54.2 Å². The third-order valence-corrected chi connectivity index (χ3v) is 3.33. The zero-order chi connectivity index (χ0) is 16.8. The fraction of sp³-hybridized carbons (Fsp3) is 0.235. The van der Waals surface area contributed by atoms with Gasteiger partial charge in [0.1, 0.15) is 0 Å². The molecule has 0 aliphatic carbocycles. The van der Waals surface area contributed by atoms with Crippen LogP contribution in [0.25, 0.3) is 5.69 Å². The molecule has 24 heavy (non-hydrogen) atoms. The zero-order valence-electron chi connectivity index (χ0n) is 13.6. The molecule has 0 radical (unpaired) electrons. The summed E-state index contributed by atoms with van der Waals surface area (Å²) in [6, 6.07) is 15.6. The second-order valence-electron chi connectivity index (χ2n) is 5.06. The summed E-state index contributed by atoms with van der Waals surface area (Å²) in [7, 11) is 1.90. The van der Waals surface area contributed by atoms with E-state index in [1.54, 1.807) is 0 Å². The zero-order valence-corrected chi connectivity index (χ0v) is 13.6. The largest absolute Gasteiger partial charge is 0.490 e. The van der Waals surface area contributed by atoms with Crippen molar-refractivity contribution < 1.29 is 9.47 Å². The lowest BCUT2D eigenvalue weighted by Gasteiger charge is -2.12. The summed E-state index contributed by atoms with van der Waals surface area (Å²) in [6.45, 7) is 3.23. The van der Waals surface area contributed by atoms with Crippen molar-refractivity contribution in [3.8, 4) is 23.2 Å². The molecule has 0 aliphatic heterocycles. The molecule has 0 bridgehead atoms. The van der Waals surface area contributed by atoms with Crippen LogP contribution in [0.2, 0.25) is 0 Å². The number of nitrogens with zero attached hydrogens (tertiary/aromatic N) is 4. The summed E-state index contributed by atoms with van der Waals surface area (Å²) in [6.07, 6.45) is 0. The summed E-state index contributed by atoms with van der Waals surface area (Å²) < 4.78 is 13.1. The van der Waals surface area contributed by atoms with E-state index in [1.807, 2.05) is 62.5 Å². The SMILES string of the molecule is CCOc1cc(CNC)ccc1Oc1nnnn1-c1ccccc1. The van der Waals surface area contributed by atoms with Crippen molar-refractivity contribution in [3.05, 3.63) is 54.1 Å². The molecule has 124 valence electrons. The predicted molar refractivity (Wildman–Crippen MR) is 89.6 cm³/mol. The Bertz CT molecular complexity index is 789. The lowest BCUT2D eigenvalue weighted by Crippen LogP contribution is -2.06. The van der Waals surface area contributed by atoms with E-state index in [-0.39, 0.29) is 6.01 Å². The van der Waals surface area contributed by atoms with E-state index in [1.165, 1.54) is 4.68 Å². The van der Waals surface area contributed by atoms with E-state index >= 15 is 0 Å². The fourth-order valence-corrected chi connectivity index (χ4v) is 2.29. The number of hydrogen-bond donors (Lipinski definition) is 1. The van der Waals surface area contributed by atoms with Gasteiger partial charge in [-0.25, -0.2) is 0 Å². The summed E-state index contributed by atoms with van der Waals surface area (Å²) in [4.78, 5) is 0. The molecule has 0 saturated heterocycles. The van der Waals surface area contributed by atoms with Crippen LogP contribution in [0.15, 0.2) is 48.5 Å². The molecule has 7 nitrogen and oxygen atoms in total. The number of hydrogen-bond acceptors (Lipinski definition) is 6. The standard InChI is InChI=1S/C17H19N5O2/c1-3-23-16-11-13(12-18-2)9-10-15(16)24-17-19-20-21-22(17)14-7-5-4-6-8-14/h4-11,18H,3,12H2,1-2H3. The lowest BCUT2D eigenvalue weighted by molar-refractivity contribution is 0.315. The van der Waals surface area contributed by atoms with E-state index in [0.29, 0.717) is 18.1 Å². The van der Waals surface area contributed by atoms with Gasteiger partial charge in [-0.3, -0.25) is 0 Å². The third-order valence-electron chi connectivity index (χ3n) is 3.33. The highest BCUT2D eigenvalue weighted by Crippen LogP contribution is 2.32. The number of benzene rings is 2. The van der Waals surface area contributed by atoms with Gasteiger partial charge in [0.05, 0.1) is 12.3 Å². The predicted octanol–water partition coefficient (Wildman–Crippen LogP) is 2.57. The van der Waals surface area contributed by atoms with Crippen LogP contribution in [0.5, 0.6) is 17.5 Å². The Morgan fingerprint density at radius 3 is 2.67 bits per heavy atom. The monoisotopic (exact) mass is 325 g/mol. The molecule has 1 aromatic heterocycles. The van der Waals surface area contributed by atoms with E-state index in [0.717, 1.165) is 17.8 Å². The molecule has 1 N–H and O–H groups in total. The van der Waals surface area contributed by atoms with Gasteiger partial charge < -0.3 is 14.8 Å². The average Bonchev–Trinajstić information content (AvgIpc) is 3.07. The van der Waals surface area contributed by atoms with Gasteiger partial charge in [-0.1, -0.05) is 29.4 Å². The number of aromatic nitrogens is 4. The van der Waals surface area contributed by atoms with Crippen molar-refractivity contribution in [1.29, 1.82) is 0 Å². The Balaban J connectivity index is 1.90. The highest BCUT2D eigenvalue weighted by Gasteiger charge is 2.14. The molecule has 0 amide bonds. The smallest absolute Gasteiger partial charge is 0.346 e. The minimum atomic E-state index is 0.281. The summed E-state index contributed by atoms with van der Waals surface area (Å²) in [5, 5.41) is 14.8. The Labute approximate surface area is 140 Å². The molecule has 2 aromatic carbocycles. The quantitative estimate of drug-likeness (QED) is 0.720. The first kappa shape index (κ1) is 15.9. The van der Waals surface area contributed by atoms with E-state index in [9.17, 15) is 0 Å². The Morgan fingerprint density at radius 1 is 1.08 bits per heavy atom. The first-order valence-corrected chi connectivity index (χ1v) is 7.73. The van der Waals surface area contributed by atoms with Gasteiger partial charge in [0.25, 0.3) is 0 Å². The summed E-state index contributed by atoms with van der Waals surface area (Å²) >= 11 is 0. The molecule has 7 heteroatoms. The van der Waals surface area contributed by atoms with Crippen LogP contribution in [0.4, 0.5) is 0 Å². The van der Waals surface area contributed by atoms with Crippen LogP contribution in [0, 0.1) is 0 Å². The van der Waals surface area contributed by atoms with Gasteiger partial charge >= 0.3 is 6.01 Å². The lowest BCUT2D eigenvalue weighted by atomic mass is 10.2. The summed E-state index contributed by atoms with van der Waals surface area (Å²) in [5.41, 5.74) is 1.93. The molecule has 0 saturated carbocycles. The number of para-hydroxylation sites is 1. The normalized spacial score (nSPS) is 10.6. The number of ether oxygens (including phenoxy) is 2. The van der Waals surface area contributed by atoms with Crippen LogP contribution < -0.4 is 14.8 Å². The molecule has 0 unspecified atom stereocenters. The first-order valence-electron chi connectivity index (χ1n) is 7.73. The number of nitrogens with one attached hydrogen (secondary N) is 1. The topological polar surface area (TPSA) is 74.1 Å². The van der Waals surface area contributed by atoms with Gasteiger partial charge in [-0.15, -0.1) is 0 Å². The molecule has 3 rings (SSSR count). The molecule has 3 aromatic rings. The van der Waals surface area contributed by atoms with Crippen LogP contribution >= 0.6 is 0 Å². The van der Waals surface area contributed by atoms with Crippen molar-refractivity contribution in [2.45, 2.75) is 13.5 Å². The van der Waals surface area contributed by atoms with Crippen LogP contribution in [-0.2, 0) is 6.54 Å². The maximum atomic E-state index is 5.90. The molecule has 1 heterocycles. The Hall–Kier alpha value is -2.93. The first-order chi connectivity index (χ1) is 11.8. The van der Waals surface area contributed by atoms with Crippen molar-refractivity contribution in [2.75, 3.05) is 13.7 Å². The Morgan fingerprint density at radius 2 is 1.92 bits per heavy atom. The molecule has 0 atom stereocenters. The molecule has 0 fully saturated rings. The maximum Gasteiger partial charge on any atom is 0.346 e. The minimum Gasteiger partial charge on any atom is -0.490 e. The van der Waals surface area contributed by atoms with Crippen molar-refractivity contribution in [2.24, 2.45) is 0 Å². The van der Waals surface area contributed by atoms with Gasteiger partial charge in [0.2, 0.25) is 0 Å². The van der Waals surface area contributed by atoms with E-state index in [4.69, 9.17) is 9.47 Å². The molecule has 0 spiro atoms. The minimum absolute atomic E-state index is 0.281.